The highest BCUT2D eigenvalue weighted by molar-refractivity contribution is 7.09. The van der Waals surface area contributed by atoms with E-state index in [1.807, 2.05) is 0 Å². The smallest absolute Gasteiger partial charge is 0.303 e. The van der Waals surface area contributed by atoms with Gasteiger partial charge in [0.15, 0.2) is 0 Å². The molecule has 5 nitrogen and oxygen atoms in total. The predicted molar refractivity (Wildman–Crippen MR) is 59.1 cm³/mol. The highest BCUT2D eigenvalue weighted by Gasteiger charge is 1.97. The Balaban J connectivity index is 1.87. The molecule has 1 aromatic heterocycles. The third kappa shape index (κ3) is 6.01. The van der Waals surface area contributed by atoms with E-state index in [1.54, 1.807) is 0 Å². The SMILES string of the molecule is O=C(O)CCCCCCNc1ncns1. The lowest BCUT2D eigenvalue weighted by atomic mass is 10.1. The van der Waals surface area contributed by atoms with Crippen molar-refractivity contribution in [1.82, 2.24) is 9.36 Å². The normalized spacial score (nSPS) is 10.1. The molecular formula is C9H15N3O2S. The van der Waals surface area contributed by atoms with Crippen molar-refractivity contribution in [3.63, 3.8) is 0 Å². The maximum Gasteiger partial charge on any atom is 0.303 e. The van der Waals surface area contributed by atoms with E-state index in [0.717, 1.165) is 37.4 Å². The number of carbonyl (C=O) groups is 1. The van der Waals surface area contributed by atoms with Crippen molar-refractivity contribution < 1.29 is 9.90 Å². The van der Waals surface area contributed by atoms with Crippen molar-refractivity contribution in [1.29, 1.82) is 0 Å². The maximum atomic E-state index is 10.2. The van der Waals surface area contributed by atoms with Crippen LogP contribution in [0.15, 0.2) is 6.33 Å². The lowest BCUT2D eigenvalue weighted by molar-refractivity contribution is -0.137. The first-order valence-corrected chi connectivity index (χ1v) is 5.78. The summed E-state index contributed by atoms with van der Waals surface area (Å²) in [6, 6.07) is 0. The second-order valence-corrected chi connectivity index (χ2v) is 4.01. The van der Waals surface area contributed by atoms with E-state index in [-0.39, 0.29) is 6.42 Å². The van der Waals surface area contributed by atoms with Gasteiger partial charge in [-0.25, -0.2) is 4.98 Å². The minimum Gasteiger partial charge on any atom is -0.481 e. The number of nitrogens with one attached hydrogen (secondary N) is 1. The van der Waals surface area contributed by atoms with E-state index in [0.29, 0.717) is 0 Å². The number of unbranched alkanes of at least 4 members (excludes halogenated alkanes) is 3. The van der Waals surface area contributed by atoms with Gasteiger partial charge in [0.2, 0.25) is 5.13 Å². The van der Waals surface area contributed by atoms with Gasteiger partial charge in [0.05, 0.1) is 0 Å². The standard InChI is InChI=1S/C9H15N3O2S/c13-8(14)5-3-1-2-4-6-10-9-11-7-12-15-9/h7H,1-6H2,(H,13,14)(H,10,11,12). The third-order valence-corrected chi connectivity index (χ3v) is 2.58. The zero-order valence-corrected chi connectivity index (χ0v) is 9.29. The Bertz CT molecular complexity index is 277. The van der Waals surface area contributed by atoms with Crippen LogP contribution in [0.3, 0.4) is 0 Å². The van der Waals surface area contributed by atoms with Gasteiger partial charge >= 0.3 is 5.97 Å². The lowest BCUT2D eigenvalue weighted by Gasteiger charge is -2.01. The second kappa shape index (κ2) is 7.17. The van der Waals surface area contributed by atoms with Crippen LogP contribution in [0.4, 0.5) is 5.13 Å². The molecule has 0 aliphatic heterocycles. The molecule has 0 atom stereocenters. The molecule has 0 aromatic carbocycles. The molecule has 0 saturated carbocycles. The number of carboxylic acid groups (broad SMARTS) is 1. The molecule has 2 N–H and O–H groups in total. The summed E-state index contributed by atoms with van der Waals surface area (Å²) in [7, 11) is 0. The summed E-state index contributed by atoms with van der Waals surface area (Å²) in [5.41, 5.74) is 0. The highest BCUT2D eigenvalue weighted by atomic mass is 32.1. The van der Waals surface area contributed by atoms with Gasteiger partial charge in [-0.1, -0.05) is 12.8 Å². The zero-order chi connectivity index (χ0) is 10.9. The average Bonchev–Trinajstić information content (AvgIpc) is 2.68. The molecular weight excluding hydrogens is 214 g/mol. The van der Waals surface area contributed by atoms with E-state index in [4.69, 9.17) is 5.11 Å². The maximum absolute atomic E-state index is 10.2. The van der Waals surface area contributed by atoms with Crippen molar-refractivity contribution in [3.8, 4) is 0 Å². The van der Waals surface area contributed by atoms with Crippen LogP contribution in [0.2, 0.25) is 0 Å². The van der Waals surface area contributed by atoms with Gasteiger partial charge in [-0.15, -0.1) is 0 Å². The summed E-state index contributed by atoms with van der Waals surface area (Å²) in [5, 5.41) is 12.4. The zero-order valence-electron chi connectivity index (χ0n) is 8.48. The fraction of sp³-hybridized carbons (Fsp3) is 0.667. The van der Waals surface area contributed by atoms with E-state index in [1.165, 1.54) is 17.9 Å². The van der Waals surface area contributed by atoms with E-state index < -0.39 is 5.97 Å². The van der Waals surface area contributed by atoms with Gasteiger partial charge in [0.1, 0.15) is 6.33 Å². The van der Waals surface area contributed by atoms with Crippen molar-refractivity contribution in [2.45, 2.75) is 32.1 Å². The average molecular weight is 229 g/mol. The van der Waals surface area contributed by atoms with Crippen LogP contribution in [-0.4, -0.2) is 27.0 Å². The molecule has 0 aliphatic rings. The van der Waals surface area contributed by atoms with Crippen LogP contribution < -0.4 is 5.32 Å². The minimum atomic E-state index is -0.706. The van der Waals surface area contributed by atoms with Crippen molar-refractivity contribution in [2.75, 3.05) is 11.9 Å². The van der Waals surface area contributed by atoms with E-state index in [9.17, 15) is 4.79 Å². The van der Waals surface area contributed by atoms with Crippen LogP contribution in [-0.2, 0) is 4.79 Å². The molecule has 6 heteroatoms. The summed E-state index contributed by atoms with van der Waals surface area (Å²) in [6.07, 6.45) is 5.65. The summed E-state index contributed by atoms with van der Waals surface area (Å²) >= 11 is 1.35. The molecule has 0 bridgehead atoms. The molecule has 15 heavy (non-hydrogen) atoms. The van der Waals surface area contributed by atoms with Crippen LogP contribution >= 0.6 is 11.5 Å². The molecule has 0 saturated heterocycles. The Kier molecular flexibility index (Phi) is 5.69. The van der Waals surface area contributed by atoms with Gasteiger partial charge < -0.3 is 10.4 Å². The number of aromatic nitrogens is 2. The first kappa shape index (κ1) is 11.9. The van der Waals surface area contributed by atoms with E-state index >= 15 is 0 Å². The Morgan fingerprint density at radius 2 is 2.20 bits per heavy atom. The minimum absolute atomic E-state index is 0.282. The Hall–Kier alpha value is -1.17. The number of rotatable bonds is 8. The molecule has 0 unspecified atom stereocenters. The van der Waals surface area contributed by atoms with Crippen LogP contribution in [0, 0.1) is 0 Å². The number of hydrogen-bond acceptors (Lipinski definition) is 5. The fourth-order valence-electron chi connectivity index (χ4n) is 1.20. The van der Waals surface area contributed by atoms with Crippen molar-refractivity contribution >= 4 is 22.6 Å². The summed E-state index contributed by atoms with van der Waals surface area (Å²) in [4.78, 5) is 14.2. The number of carboxylic acids is 1. The molecule has 1 heterocycles. The molecule has 0 radical (unpaired) electrons. The van der Waals surface area contributed by atoms with Gasteiger partial charge in [0.25, 0.3) is 0 Å². The molecule has 0 spiro atoms. The largest absolute Gasteiger partial charge is 0.481 e. The Labute approximate surface area is 92.7 Å². The molecule has 0 aliphatic carbocycles. The molecule has 84 valence electrons. The number of aliphatic carboxylic acids is 1. The van der Waals surface area contributed by atoms with Crippen molar-refractivity contribution in [2.24, 2.45) is 0 Å². The third-order valence-electron chi connectivity index (χ3n) is 1.95. The van der Waals surface area contributed by atoms with Gasteiger partial charge in [0, 0.05) is 24.5 Å². The Morgan fingerprint density at radius 1 is 1.40 bits per heavy atom. The van der Waals surface area contributed by atoms with E-state index in [2.05, 4.69) is 14.7 Å². The number of hydrogen-bond donors (Lipinski definition) is 2. The molecule has 0 fully saturated rings. The topological polar surface area (TPSA) is 75.1 Å². The first-order chi connectivity index (χ1) is 7.29. The number of anilines is 1. The highest BCUT2D eigenvalue weighted by Crippen LogP contribution is 2.08. The molecule has 0 amide bonds. The number of nitrogens with zero attached hydrogens (tertiary/aromatic N) is 2. The fourth-order valence-corrected chi connectivity index (χ4v) is 1.66. The monoisotopic (exact) mass is 229 g/mol. The Morgan fingerprint density at radius 3 is 2.87 bits per heavy atom. The quantitative estimate of drug-likeness (QED) is 0.667. The van der Waals surface area contributed by atoms with Crippen LogP contribution in [0.1, 0.15) is 32.1 Å². The molecule has 1 rings (SSSR count). The summed E-state index contributed by atoms with van der Waals surface area (Å²) in [5.74, 6) is -0.706. The predicted octanol–water partition coefficient (Wildman–Crippen LogP) is 1.99. The van der Waals surface area contributed by atoms with Gasteiger partial charge in [-0.05, 0) is 12.8 Å². The lowest BCUT2D eigenvalue weighted by Crippen LogP contribution is -2.01. The van der Waals surface area contributed by atoms with Crippen LogP contribution in [0.5, 0.6) is 0 Å². The first-order valence-electron chi connectivity index (χ1n) is 5.01. The summed E-state index contributed by atoms with van der Waals surface area (Å²) in [6.45, 7) is 0.877. The van der Waals surface area contributed by atoms with Gasteiger partial charge in [-0.3, -0.25) is 4.79 Å². The molecule has 1 aromatic rings. The second-order valence-electron chi connectivity index (χ2n) is 3.23. The van der Waals surface area contributed by atoms with Crippen LogP contribution in [0.25, 0.3) is 0 Å². The van der Waals surface area contributed by atoms with Crippen molar-refractivity contribution in [3.05, 3.63) is 6.33 Å². The van der Waals surface area contributed by atoms with Gasteiger partial charge in [-0.2, -0.15) is 4.37 Å². The summed E-state index contributed by atoms with van der Waals surface area (Å²) < 4.78 is 3.87.